The van der Waals surface area contributed by atoms with Crippen molar-refractivity contribution in [3.63, 3.8) is 0 Å². The number of nitrogens with one attached hydrogen (secondary N) is 2. The van der Waals surface area contributed by atoms with Crippen LogP contribution < -0.4 is 16.4 Å². The number of halogens is 1. The van der Waals surface area contributed by atoms with Gasteiger partial charge in [0.25, 0.3) is 0 Å². The van der Waals surface area contributed by atoms with E-state index in [0.717, 1.165) is 5.56 Å². The Morgan fingerprint density at radius 3 is 2.47 bits per heavy atom. The normalized spacial score (nSPS) is 11.2. The van der Waals surface area contributed by atoms with E-state index in [2.05, 4.69) is 10.6 Å². The highest BCUT2D eigenvalue weighted by Gasteiger charge is 2.10. The molecule has 1 aromatic rings. The number of amides is 2. The average Bonchev–Trinajstić information content (AvgIpc) is 2.33. The van der Waals surface area contributed by atoms with Crippen molar-refractivity contribution < 1.29 is 9.59 Å². The Kier molecular flexibility index (Phi) is 7.11. The molecule has 0 heterocycles. The second-order valence-corrected chi connectivity index (χ2v) is 4.21. The number of rotatable bonds is 4. The first-order valence-electron chi connectivity index (χ1n) is 5.91. The average molecular weight is 286 g/mol. The fourth-order valence-electron chi connectivity index (χ4n) is 1.33. The van der Waals surface area contributed by atoms with Crippen molar-refractivity contribution in [2.45, 2.75) is 33.2 Å². The Balaban J connectivity index is 0.00000324. The van der Waals surface area contributed by atoms with Gasteiger partial charge >= 0.3 is 0 Å². The number of nitrogens with two attached hydrogens (primary N) is 1. The molecule has 4 N–H and O–H groups in total. The summed E-state index contributed by atoms with van der Waals surface area (Å²) in [4.78, 5) is 22.8. The molecule has 0 bridgehead atoms. The molecule has 0 aliphatic rings. The summed E-state index contributed by atoms with van der Waals surface area (Å²) in [6.45, 7) is 5.28. The van der Waals surface area contributed by atoms with Crippen LogP contribution in [0, 0.1) is 6.92 Å². The second-order valence-electron chi connectivity index (χ2n) is 4.21. The molecule has 0 aromatic heterocycles. The van der Waals surface area contributed by atoms with Crippen LogP contribution in [0.3, 0.4) is 0 Å². The van der Waals surface area contributed by atoms with Crippen molar-refractivity contribution in [1.29, 1.82) is 0 Å². The fraction of sp³-hybridized carbons (Fsp3) is 0.385. The zero-order valence-electron chi connectivity index (χ0n) is 11.3. The maximum atomic E-state index is 11.5. The lowest BCUT2D eigenvalue weighted by atomic mass is 10.1. The number of carbonyl (C=O) groups excluding carboxylic acids is 2. The van der Waals surface area contributed by atoms with Crippen LogP contribution in [0.15, 0.2) is 18.2 Å². The third-order valence-electron chi connectivity index (χ3n) is 2.51. The van der Waals surface area contributed by atoms with Gasteiger partial charge in [0.15, 0.2) is 0 Å². The van der Waals surface area contributed by atoms with Crippen LogP contribution in [-0.4, -0.2) is 17.9 Å². The molecule has 0 aliphatic carbocycles. The summed E-state index contributed by atoms with van der Waals surface area (Å²) in [7, 11) is 0. The number of anilines is 2. The molecule has 0 radical (unpaired) electrons. The Hall–Kier alpha value is -1.59. The molecule has 5 nitrogen and oxygen atoms in total. The van der Waals surface area contributed by atoms with Gasteiger partial charge in [-0.3, -0.25) is 9.59 Å². The van der Waals surface area contributed by atoms with Crippen LogP contribution >= 0.6 is 12.4 Å². The van der Waals surface area contributed by atoms with Crippen molar-refractivity contribution in [3.8, 4) is 0 Å². The van der Waals surface area contributed by atoms with Crippen LogP contribution in [0.25, 0.3) is 0 Å². The summed E-state index contributed by atoms with van der Waals surface area (Å²) in [6.07, 6.45) is 0.412. The van der Waals surface area contributed by atoms with Gasteiger partial charge in [-0.1, -0.05) is 13.0 Å². The van der Waals surface area contributed by atoms with E-state index in [-0.39, 0.29) is 24.2 Å². The molecule has 1 rings (SSSR count). The third kappa shape index (κ3) is 5.28. The molecular weight excluding hydrogens is 266 g/mol. The molecule has 0 saturated heterocycles. The Bertz CT molecular complexity index is 461. The monoisotopic (exact) mass is 285 g/mol. The zero-order chi connectivity index (χ0) is 13.7. The molecule has 1 atom stereocenters. The molecule has 0 fully saturated rings. The van der Waals surface area contributed by atoms with Crippen LogP contribution in [0.4, 0.5) is 11.4 Å². The van der Waals surface area contributed by atoms with Gasteiger partial charge in [-0.25, -0.2) is 0 Å². The van der Waals surface area contributed by atoms with E-state index in [1.54, 1.807) is 26.0 Å². The predicted octanol–water partition coefficient (Wildman–Crippen LogP) is 2.05. The third-order valence-corrected chi connectivity index (χ3v) is 2.51. The quantitative estimate of drug-likeness (QED) is 0.791. The topological polar surface area (TPSA) is 84.2 Å². The van der Waals surface area contributed by atoms with E-state index >= 15 is 0 Å². The van der Waals surface area contributed by atoms with Gasteiger partial charge in [0, 0.05) is 17.8 Å². The predicted molar refractivity (Wildman–Crippen MR) is 79.6 cm³/mol. The lowest BCUT2D eigenvalue weighted by Crippen LogP contribution is -2.32. The zero-order valence-corrected chi connectivity index (χ0v) is 12.1. The first-order valence-corrected chi connectivity index (χ1v) is 5.91. The van der Waals surface area contributed by atoms with Crippen LogP contribution in [0.2, 0.25) is 0 Å². The summed E-state index contributed by atoms with van der Waals surface area (Å²) in [5.74, 6) is -0.319. The van der Waals surface area contributed by atoms with Crippen LogP contribution in [0.1, 0.15) is 25.8 Å². The Labute approximate surface area is 119 Å². The van der Waals surface area contributed by atoms with Crippen molar-refractivity contribution in [2.75, 3.05) is 10.6 Å². The molecule has 0 saturated carbocycles. The molecule has 2 amide bonds. The van der Waals surface area contributed by atoms with Crippen molar-refractivity contribution in [1.82, 2.24) is 0 Å². The SMILES string of the molecule is CCC(=O)Nc1ccc(C)c(NC(=O)[C@@H](C)N)c1.Cl. The minimum Gasteiger partial charge on any atom is -0.326 e. The van der Waals surface area contributed by atoms with E-state index in [4.69, 9.17) is 5.73 Å². The van der Waals surface area contributed by atoms with E-state index < -0.39 is 6.04 Å². The standard InChI is InChI=1S/C13H19N3O2.ClH/c1-4-12(17)15-10-6-5-8(2)11(7-10)16-13(18)9(3)14;/h5-7,9H,4,14H2,1-3H3,(H,15,17)(H,16,18);1H/t9-;/m1./s1. The second kappa shape index (κ2) is 7.76. The first-order chi connectivity index (χ1) is 8.43. The molecule has 106 valence electrons. The summed E-state index contributed by atoms with van der Waals surface area (Å²) in [5.41, 5.74) is 7.73. The number of aryl methyl sites for hydroxylation is 1. The highest BCUT2D eigenvalue weighted by molar-refractivity contribution is 5.96. The highest BCUT2D eigenvalue weighted by Crippen LogP contribution is 2.20. The lowest BCUT2D eigenvalue weighted by molar-refractivity contribution is -0.117. The highest BCUT2D eigenvalue weighted by atomic mass is 35.5. The van der Waals surface area contributed by atoms with E-state index in [9.17, 15) is 9.59 Å². The number of carbonyl (C=O) groups is 2. The Morgan fingerprint density at radius 2 is 1.95 bits per heavy atom. The molecule has 0 aliphatic heterocycles. The van der Waals surface area contributed by atoms with Gasteiger partial charge in [0.2, 0.25) is 11.8 Å². The van der Waals surface area contributed by atoms with Gasteiger partial charge in [0.1, 0.15) is 0 Å². The first kappa shape index (κ1) is 17.4. The van der Waals surface area contributed by atoms with Gasteiger partial charge in [0.05, 0.1) is 6.04 Å². The molecule has 19 heavy (non-hydrogen) atoms. The maximum absolute atomic E-state index is 11.5. The van der Waals surface area contributed by atoms with Crippen LogP contribution in [-0.2, 0) is 9.59 Å². The summed E-state index contributed by atoms with van der Waals surface area (Å²) < 4.78 is 0. The smallest absolute Gasteiger partial charge is 0.241 e. The number of hydrogen-bond acceptors (Lipinski definition) is 3. The summed E-state index contributed by atoms with van der Waals surface area (Å²) in [5, 5.41) is 5.47. The summed E-state index contributed by atoms with van der Waals surface area (Å²) in [6, 6.07) is 4.79. The molecule has 1 aromatic carbocycles. The fourth-order valence-corrected chi connectivity index (χ4v) is 1.33. The van der Waals surface area contributed by atoms with Crippen molar-refractivity contribution in [3.05, 3.63) is 23.8 Å². The lowest BCUT2D eigenvalue weighted by Gasteiger charge is -2.12. The molecule has 6 heteroatoms. The maximum Gasteiger partial charge on any atom is 0.241 e. The largest absolute Gasteiger partial charge is 0.326 e. The molecule has 0 unspecified atom stereocenters. The van der Waals surface area contributed by atoms with Crippen LogP contribution in [0.5, 0.6) is 0 Å². The van der Waals surface area contributed by atoms with Gasteiger partial charge in [-0.05, 0) is 31.5 Å². The molecular formula is C13H20ClN3O2. The van der Waals surface area contributed by atoms with Gasteiger partial charge in [-0.2, -0.15) is 0 Å². The molecule has 0 spiro atoms. The minimum absolute atomic E-state index is 0. The van der Waals surface area contributed by atoms with E-state index in [1.165, 1.54) is 0 Å². The summed E-state index contributed by atoms with van der Waals surface area (Å²) >= 11 is 0. The van der Waals surface area contributed by atoms with Gasteiger partial charge < -0.3 is 16.4 Å². The minimum atomic E-state index is -0.571. The van der Waals surface area contributed by atoms with Crippen molar-refractivity contribution >= 4 is 35.6 Å². The number of benzene rings is 1. The van der Waals surface area contributed by atoms with E-state index in [1.807, 2.05) is 13.0 Å². The van der Waals surface area contributed by atoms with E-state index in [0.29, 0.717) is 17.8 Å². The van der Waals surface area contributed by atoms with Gasteiger partial charge in [-0.15, -0.1) is 12.4 Å². The number of hydrogen-bond donors (Lipinski definition) is 3. The Morgan fingerprint density at radius 1 is 1.32 bits per heavy atom. The van der Waals surface area contributed by atoms with Crippen molar-refractivity contribution in [2.24, 2.45) is 5.73 Å².